The van der Waals surface area contributed by atoms with Crippen molar-refractivity contribution in [3.63, 3.8) is 0 Å². The standard InChI is InChI=1S/C14H17N3O/c1-18-10-7-9(8-10)17-13-5-6-16-14-11(13)3-2-4-12(14)15/h2-6,9-10H,7-8,15H2,1H3,(H,16,17). The van der Waals surface area contributed by atoms with Gasteiger partial charge in [0.1, 0.15) is 0 Å². The number of rotatable bonds is 3. The molecule has 1 aromatic carbocycles. The van der Waals surface area contributed by atoms with Gasteiger partial charge in [-0.25, -0.2) is 0 Å². The normalized spacial score (nSPS) is 22.7. The van der Waals surface area contributed by atoms with E-state index in [0.717, 1.165) is 35.1 Å². The summed E-state index contributed by atoms with van der Waals surface area (Å²) in [4.78, 5) is 4.33. The number of fused-ring (bicyclic) bond motifs is 1. The van der Waals surface area contributed by atoms with E-state index in [1.54, 1.807) is 13.3 Å². The van der Waals surface area contributed by atoms with Gasteiger partial charge in [0, 0.05) is 30.4 Å². The number of hydrogen-bond acceptors (Lipinski definition) is 4. The lowest BCUT2D eigenvalue weighted by Gasteiger charge is -2.35. The number of pyridine rings is 1. The third-order valence-corrected chi connectivity index (χ3v) is 3.59. The van der Waals surface area contributed by atoms with Gasteiger partial charge < -0.3 is 15.8 Å². The molecule has 1 heterocycles. The Labute approximate surface area is 106 Å². The SMILES string of the molecule is COC1CC(Nc2ccnc3c(N)cccc23)C1. The van der Waals surface area contributed by atoms with Crippen molar-refractivity contribution in [2.45, 2.75) is 25.0 Å². The van der Waals surface area contributed by atoms with Gasteiger partial charge >= 0.3 is 0 Å². The maximum Gasteiger partial charge on any atom is 0.0951 e. The summed E-state index contributed by atoms with van der Waals surface area (Å²) in [6, 6.07) is 8.38. The molecule has 1 saturated carbocycles. The van der Waals surface area contributed by atoms with E-state index in [1.165, 1.54) is 0 Å². The minimum Gasteiger partial charge on any atom is -0.397 e. The molecule has 3 rings (SSSR count). The highest BCUT2D eigenvalue weighted by molar-refractivity contribution is 5.97. The quantitative estimate of drug-likeness (QED) is 0.813. The van der Waals surface area contributed by atoms with Crippen molar-refractivity contribution in [2.24, 2.45) is 0 Å². The summed E-state index contributed by atoms with van der Waals surface area (Å²) in [5.41, 5.74) is 8.63. The number of nitrogens with two attached hydrogens (primary N) is 1. The van der Waals surface area contributed by atoms with E-state index in [0.29, 0.717) is 12.1 Å². The highest BCUT2D eigenvalue weighted by Crippen LogP contribution is 2.30. The summed E-state index contributed by atoms with van der Waals surface area (Å²) in [6.07, 6.45) is 4.32. The van der Waals surface area contributed by atoms with Crippen LogP contribution in [0.2, 0.25) is 0 Å². The Morgan fingerprint density at radius 2 is 2.17 bits per heavy atom. The Balaban J connectivity index is 1.86. The number of nitrogens with one attached hydrogen (secondary N) is 1. The van der Waals surface area contributed by atoms with Crippen LogP contribution in [0, 0.1) is 0 Å². The Hall–Kier alpha value is -1.81. The lowest BCUT2D eigenvalue weighted by Crippen LogP contribution is -2.40. The monoisotopic (exact) mass is 243 g/mol. The minimum absolute atomic E-state index is 0.403. The van der Waals surface area contributed by atoms with E-state index in [2.05, 4.69) is 10.3 Å². The van der Waals surface area contributed by atoms with Crippen LogP contribution in [0.5, 0.6) is 0 Å². The Morgan fingerprint density at radius 1 is 1.33 bits per heavy atom. The number of para-hydroxylation sites is 1. The molecule has 1 fully saturated rings. The molecule has 0 unspecified atom stereocenters. The first kappa shape index (κ1) is 11.3. The number of ether oxygens (including phenoxy) is 1. The molecule has 0 spiro atoms. The zero-order valence-electron chi connectivity index (χ0n) is 10.4. The number of hydrogen-bond donors (Lipinski definition) is 2. The second-order valence-corrected chi connectivity index (χ2v) is 4.77. The van der Waals surface area contributed by atoms with Crippen LogP contribution in [0.4, 0.5) is 11.4 Å². The average Bonchev–Trinajstić information content (AvgIpc) is 2.34. The van der Waals surface area contributed by atoms with Gasteiger partial charge in [0.2, 0.25) is 0 Å². The number of nitrogen functional groups attached to an aromatic ring is 1. The molecule has 0 aliphatic heterocycles. The summed E-state index contributed by atoms with van der Waals surface area (Å²) < 4.78 is 5.29. The number of anilines is 2. The fraction of sp³-hybridized carbons (Fsp3) is 0.357. The van der Waals surface area contributed by atoms with Crippen molar-refractivity contribution in [2.75, 3.05) is 18.2 Å². The molecule has 0 saturated heterocycles. The maximum atomic E-state index is 5.94. The molecular weight excluding hydrogens is 226 g/mol. The van der Waals surface area contributed by atoms with Crippen LogP contribution in [-0.2, 0) is 4.74 Å². The van der Waals surface area contributed by atoms with Crippen molar-refractivity contribution in [3.05, 3.63) is 30.5 Å². The van der Waals surface area contributed by atoms with E-state index in [4.69, 9.17) is 10.5 Å². The van der Waals surface area contributed by atoms with Gasteiger partial charge in [-0.1, -0.05) is 12.1 Å². The Morgan fingerprint density at radius 3 is 2.94 bits per heavy atom. The van der Waals surface area contributed by atoms with Crippen LogP contribution in [0.25, 0.3) is 10.9 Å². The van der Waals surface area contributed by atoms with Crippen LogP contribution in [0.15, 0.2) is 30.5 Å². The molecule has 0 bridgehead atoms. The van der Waals surface area contributed by atoms with Crippen LogP contribution in [0.1, 0.15) is 12.8 Å². The third kappa shape index (κ3) is 1.88. The van der Waals surface area contributed by atoms with Gasteiger partial charge in [-0.2, -0.15) is 0 Å². The lowest BCUT2D eigenvalue weighted by molar-refractivity contribution is 0.0329. The van der Waals surface area contributed by atoms with Gasteiger partial charge in [-0.3, -0.25) is 4.98 Å². The molecular formula is C14H17N3O. The van der Waals surface area contributed by atoms with Gasteiger partial charge in [0.25, 0.3) is 0 Å². The van der Waals surface area contributed by atoms with Crippen molar-refractivity contribution in [1.82, 2.24) is 4.98 Å². The molecule has 94 valence electrons. The van der Waals surface area contributed by atoms with Gasteiger partial charge in [0.15, 0.2) is 0 Å². The van der Waals surface area contributed by atoms with Crippen LogP contribution < -0.4 is 11.1 Å². The van der Waals surface area contributed by atoms with Crippen LogP contribution >= 0.6 is 0 Å². The Bertz CT molecular complexity index is 564. The third-order valence-electron chi connectivity index (χ3n) is 3.59. The van der Waals surface area contributed by atoms with Crippen molar-refractivity contribution >= 4 is 22.3 Å². The average molecular weight is 243 g/mol. The fourth-order valence-corrected chi connectivity index (χ4v) is 2.42. The molecule has 0 radical (unpaired) electrons. The lowest BCUT2D eigenvalue weighted by atomic mass is 9.89. The first-order valence-corrected chi connectivity index (χ1v) is 6.20. The van der Waals surface area contributed by atoms with Crippen molar-refractivity contribution in [3.8, 4) is 0 Å². The molecule has 2 aromatic rings. The number of benzene rings is 1. The second-order valence-electron chi connectivity index (χ2n) is 4.77. The molecule has 1 aliphatic rings. The number of aromatic nitrogens is 1. The Kier molecular flexibility index (Phi) is 2.80. The topological polar surface area (TPSA) is 60.2 Å². The maximum absolute atomic E-state index is 5.94. The zero-order chi connectivity index (χ0) is 12.5. The highest BCUT2D eigenvalue weighted by atomic mass is 16.5. The predicted molar refractivity (Wildman–Crippen MR) is 73.6 cm³/mol. The van der Waals surface area contributed by atoms with Crippen molar-refractivity contribution in [1.29, 1.82) is 0 Å². The van der Waals surface area contributed by atoms with Gasteiger partial charge in [0.05, 0.1) is 17.3 Å². The van der Waals surface area contributed by atoms with Gasteiger partial charge in [-0.15, -0.1) is 0 Å². The zero-order valence-corrected chi connectivity index (χ0v) is 10.4. The summed E-state index contributed by atoms with van der Waals surface area (Å²) in [5.74, 6) is 0. The molecule has 0 amide bonds. The van der Waals surface area contributed by atoms with Crippen LogP contribution in [-0.4, -0.2) is 24.2 Å². The molecule has 1 aromatic heterocycles. The molecule has 3 N–H and O–H groups in total. The molecule has 18 heavy (non-hydrogen) atoms. The second kappa shape index (κ2) is 4.46. The van der Waals surface area contributed by atoms with Crippen molar-refractivity contribution < 1.29 is 4.74 Å². The van der Waals surface area contributed by atoms with E-state index < -0.39 is 0 Å². The summed E-state index contributed by atoms with van der Waals surface area (Å²) >= 11 is 0. The van der Waals surface area contributed by atoms with Crippen LogP contribution in [0.3, 0.4) is 0 Å². The summed E-state index contributed by atoms with van der Waals surface area (Å²) in [6.45, 7) is 0. The smallest absolute Gasteiger partial charge is 0.0951 e. The first-order chi connectivity index (χ1) is 8.78. The number of nitrogens with zero attached hydrogens (tertiary/aromatic N) is 1. The summed E-state index contributed by atoms with van der Waals surface area (Å²) in [5, 5.41) is 4.62. The van der Waals surface area contributed by atoms with Gasteiger partial charge in [-0.05, 0) is 25.0 Å². The van der Waals surface area contributed by atoms with E-state index in [9.17, 15) is 0 Å². The predicted octanol–water partition coefficient (Wildman–Crippen LogP) is 2.41. The first-order valence-electron chi connectivity index (χ1n) is 6.20. The molecule has 0 atom stereocenters. The number of methoxy groups -OCH3 is 1. The van der Waals surface area contributed by atoms with E-state index in [1.807, 2.05) is 24.3 Å². The largest absolute Gasteiger partial charge is 0.397 e. The molecule has 4 nitrogen and oxygen atoms in total. The molecule has 1 aliphatic carbocycles. The highest BCUT2D eigenvalue weighted by Gasteiger charge is 2.29. The minimum atomic E-state index is 0.403. The molecule has 4 heteroatoms. The summed E-state index contributed by atoms with van der Waals surface area (Å²) in [7, 11) is 1.77. The van der Waals surface area contributed by atoms with E-state index in [-0.39, 0.29) is 0 Å². The van der Waals surface area contributed by atoms with E-state index >= 15 is 0 Å². The fourth-order valence-electron chi connectivity index (χ4n) is 2.42.